The lowest BCUT2D eigenvalue weighted by Crippen LogP contribution is -2.01. The topological polar surface area (TPSA) is 57.2 Å². The minimum Gasteiger partial charge on any atom is -0.748 e. The van der Waals surface area contributed by atoms with Crippen molar-refractivity contribution in [3.05, 3.63) is 0 Å². The van der Waals surface area contributed by atoms with E-state index in [1.165, 1.54) is 11.8 Å². The summed E-state index contributed by atoms with van der Waals surface area (Å²) in [6.45, 7) is 1.65. The first-order chi connectivity index (χ1) is 4.47. The summed E-state index contributed by atoms with van der Waals surface area (Å²) in [7, 11) is -3.92. The number of thiol groups is 1. The molecule has 0 saturated heterocycles. The van der Waals surface area contributed by atoms with Gasteiger partial charge in [-0.3, -0.25) is 0 Å². The van der Waals surface area contributed by atoms with E-state index in [-0.39, 0.29) is 5.75 Å². The van der Waals surface area contributed by atoms with Crippen molar-refractivity contribution in [1.29, 1.82) is 0 Å². The molecule has 0 bridgehead atoms. The Balaban J connectivity index is 0. The lowest BCUT2D eigenvalue weighted by Gasteiger charge is -2.00. The molecule has 3 nitrogen and oxygen atoms in total. The minimum atomic E-state index is -3.92. The lowest BCUT2D eigenvalue weighted by atomic mass is 10.6. The second kappa shape index (κ2) is 7.37. The molecule has 0 N–H and O–H groups in total. The first kappa shape index (κ1) is 12.9. The van der Waals surface area contributed by atoms with Crippen molar-refractivity contribution in [3.63, 3.8) is 0 Å². The van der Waals surface area contributed by atoms with Gasteiger partial charge in [-0.05, 0) is 18.2 Å². The molecule has 0 unspecified atom stereocenters. The monoisotopic (exact) mass is 186 g/mol. The number of rotatable bonds is 2. The Kier molecular flexibility index (Phi) is 9.50. The highest BCUT2D eigenvalue weighted by Crippen LogP contribution is 1.83. The summed E-state index contributed by atoms with van der Waals surface area (Å²) in [5, 5.41) is 0. The Hall–Kier alpha value is 0.260. The van der Waals surface area contributed by atoms with Crippen LogP contribution in [0.1, 0.15) is 13.3 Å². The van der Waals surface area contributed by atoms with Crippen LogP contribution in [-0.2, 0) is 21.9 Å². The fourth-order valence-corrected chi connectivity index (χ4v) is 0.750. The standard InChI is InChI=1S/C3H8O3S.C2H6S/c1-2-3-7(4,5)6;1-3-2/h2-3H2,1H3,(H,4,5,6);1-2H3. The summed E-state index contributed by atoms with van der Waals surface area (Å²) in [5.74, 6) is -0.243. The minimum absolute atomic E-state index is 0.243. The summed E-state index contributed by atoms with van der Waals surface area (Å²) in [5.41, 5.74) is 0. The van der Waals surface area contributed by atoms with E-state index in [0.717, 1.165) is 0 Å². The molecule has 64 valence electrons. The van der Waals surface area contributed by atoms with Gasteiger partial charge >= 0.3 is 0 Å². The van der Waals surface area contributed by atoms with Crippen molar-refractivity contribution in [3.8, 4) is 0 Å². The lowest BCUT2D eigenvalue weighted by molar-refractivity contribution is 0.462. The Labute approximate surface area is 67.0 Å². The molecular formula is C5H14O3S2. The van der Waals surface area contributed by atoms with Crippen LogP contribution in [0.3, 0.4) is 0 Å². The van der Waals surface area contributed by atoms with Crippen molar-refractivity contribution >= 4 is 21.9 Å². The van der Waals surface area contributed by atoms with Crippen LogP contribution in [0, 0.1) is 0 Å². The zero-order chi connectivity index (χ0) is 8.62. The predicted octanol–water partition coefficient (Wildman–Crippen LogP) is 0.00250. The van der Waals surface area contributed by atoms with Crippen LogP contribution >= 0.6 is 0 Å². The van der Waals surface area contributed by atoms with Gasteiger partial charge in [-0.1, -0.05) is 6.92 Å². The third-order valence-electron chi connectivity index (χ3n) is 0.454. The molecule has 0 amide bonds. The summed E-state index contributed by atoms with van der Waals surface area (Å²) < 4.78 is 29.0. The first-order valence-corrected chi connectivity index (χ1v) is 6.26. The first-order valence-electron chi connectivity index (χ1n) is 2.89. The van der Waals surface area contributed by atoms with Gasteiger partial charge in [0.1, 0.15) is 0 Å². The van der Waals surface area contributed by atoms with Gasteiger partial charge in [-0.25, -0.2) is 8.42 Å². The molecule has 0 aliphatic heterocycles. The average molecular weight is 186 g/mol. The predicted molar refractivity (Wildman–Crippen MR) is 45.5 cm³/mol. The van der Waals surface area contributed by atoms with Crippen LogP contribution in [0.2, 0.25) is 0 Å². The smallest absolute Gasteiger partial charge is 0.0949 e. The molecule has 0 heterocycles. The van der Waals surface area contributed by atoms with Crippen LogP contribution in [0.15, 0.2) is 0 Å². The van der Waals surface area contributed by atoms with E-state index in [1.807, 2.05) is 0 Å². The van der Waals surface area contributed by atoms with Crippen LogP contribution in [0.4, 0.5) is 0 Å². The number of hydrogen-bond donors (Lipinski definition) is 0. The van der Waals surface area contributed by atoms with E-state index in [4.69, 9.17) is 0 Å². The Bertz CT molecular complexity index is 139. The van der Waals surface area contributed by atoms with E-state index < -0.39 is 10.1 Å². The molecule has 0 aromatic heterocycles. The molecule has 10 heavy (non-hydrogen) atoms. The largest absolute Gasteiger partial charge is 0.748 e. The Morgan fingerprint density at radius 1 is 1.40 bits per heavy atom. The summed E-state index contributed by atoms with van der Waals surface area (Å²) in [6, 6.07) is 0. The molecule has 5 heteroatoms. The fraction of sp³-hybridized carbons (Fsp3) is 1.00. The summed E-state index contributed by atoms with van der Waals surface area (Å²) in [4.78, 5) is 0. The van der Waals surface area contributed by atoms with Crippen molar-refractivity contribution in [2.24, 2.45) is 0 Å². The molecule has 0 aliphatic rings. The van der Waals surface area contributed by atoms with E-state index in [1.54, 1.807) is 6.92 Å². The van der Waals surface area contributed by atoms with Gasteiger partial charge in [-0.2, -0.15) is 0 Å². The van der Waals surface area contributed by atoms with Crippen LogP contribution < -0.4 is 0 Å². The molecule has 0 radical (unpaired) electrons. The second-order valence-electron chi connectivity index (χ2n) is 1.71. The van der Waals surface area contributed by atoms with Gasteiger partial charge in [0, 0.05) is 5.75 Å². The highest BCUT2D eigenvalue weighted by molar-refractivity contribution is 7.85. The van der Waals surface area contributed by atoms with Crippen molar-refractivity contribution in [2.75, 3.05) is 18.3 Å². The molecule has 0 atom stereocenters. The van der Waals surface area contributed by atoms with Crippen molar-refractivity contribution < 1.29 is 13.0 Å². The molecule has 0 spiro atoms. The van der Waals surface area contributed by atoms with Crippen LogP contribution in [-0.4, -0.2) is 31.2 Å². The highest BCUT2D eigenvalue weighted by Gasteiger charge is 1.86. The van der Waals surface area contributed by atoms with Crippen LogP contribution in [0.25, 0.3) is 0 Å². The van der Waals surface area contributed by atoms with Gasteiger partial charge in [0.05, 0.1) is 22.6 Å². The SMILES string of the molecule is CCCS(=O)(=O)[O-].C[SH+]C. The fourth-order valence-electron chi connectivity index (χ4n) is 0.250. The maximum atomic E-state index is 9.68. The zero-order valence-electron chi connectivity index (χ0n) is 6.49. The van der Waals surface area contributed by atoms with E-state index in [2.05, 4.69) is 12.5 Å². The van der Waals surface area contributed by atoms with Gasteiger partial charge in [-0.15, -0.1) is 0 Å². The van der Waals surface area contributed by atoms with Gasteiger partial charge in [0.2, 0.25) is 0 Å². The van der Waals surface area contributed by atoms with Crippen molar-refractivity contribution in [2.45, 2.75) is 13.3 Å². The maximum absolute atomic E-state index is 9.68. The van der Waals surface area contributed by atoms with E-state index in [9.17, 15) is 13.0 Å². The molecule has 0 fully saturated rings. The normalized spacial score (nSPS) is 10.0. The Morgan fingerprint density at radius 2 is 1.70 bits per heavy atom. The molecule has 0 aromatic carbocycles. The van der Waals surface area contributed by atoms with Crippen LogP contribution in [0.5, 0.6) is 0 Å². The molecule has 0 rings (SSSR count). The number of hydrogen-bond acceptors (Lipinski definition) is 3. The highest BCUT2D eigenvalue weighted by atomic mass is 32.2. The quantitative estimate of drug-likeness (QED) is 0.346. The van der Waals surface area contributed by atoms with Gasteiger partial charge in [0.25, 0.3) is 0 Å². The molecule has 0 aliphatic carbocycles. The average Bonchev–Trinajstić information content (AvgIpc) is 1.63. The van der Waals surface area contributed by atoms with Crippen molar-refractivity contribution in [1.82, 2.24) is 0 Å². The van der Waals surface area contributed by atoms with Gasteiger partial charge in [0.15, 0.2) is 0 Å². The van der Waals surface area contributed by atoms with E-state index >= 15 is 0 Å². The second-order valence-corrected chi connectivity index (χ2v) is 4.13. The molecular weight excluding hydrogens is 172 g/mol. The van der Waals surface area contributed by atoms with E-state index in [0.29, 0.717) is 6.42 Å². The maximum Gasteiger partial charge on any atom is 0.0949 e. The summed E-state index contributed by atoms with van der Waals surface area (Å²) in [6.07, 6.45) is 4.60. The molecule has 0 saturated carbocycles. The van der Waals surface area contributed by atoms with Gasteiger partial charge < -0.3 is 4.55 Å². The summed E-state index contributed by atoms with van der Waals surface area (Å²) >= 11 is 1.42. The molecule has 0 aromatic rings. The Morgan fingerprint density at radius 3 is 1.70 bits per heavy atom. The zero-order valence-corrected chi connectivity index (χ0v) is 8.21. The third kappa shape index (κ3) is 24.0. The third-order valence-corrected chi connectivity index (χ3v) is 1.36.